The van der Waals surface area contributed by atoms with Crippen LogP contribution in [0.5, 0.6) is 0 Å². The summed E-state index contributed by atoms with van der Waals surface area (Å²) in [6.45, 7) is 2.47. The van der Waals surface area contributed by atoms with Crippen LogP contribution in [0.25, 0.3) is 0 Å². The molecule has 0 fully saturated rings. The molecule has 23 heavy (non-hydrogen) atoms. The number of rotatable bonds is 3. The van der Waals surface area contributed by atoms with Gasteiger partial charge in [-0.05, 0) is 49.6 Å². The summed E-state index contributed by atoms with van der Waals surface area (Å²) < 4.78 is 0. The van der Waals surface area contributed by atoms with E-state index in [9.17, 15) is 4.79 Å². The highest BCUT2D eigenvalue weighted by atomic mass is 16.2. The Morgan fingerprint density at radius 2 is 2.13 bits per heavy atom. The average Bonchev–Trinajstić information content (AvgIpc) is 2.57. The van der Waals surface area contributed by atoms with Crippen molar-refractivity contribution in [1.29, 1.82) is 5.26 Å². The summed E-state index contributed by atoms with van der Waals surface area (Å²) in [6, 6.07) is 17.6. The molecule has 1 N–H and O–H groups in total. The number of carbonyl (C=O) groups excluding carboxylic acids is 1. The van der Waals surface area contributed by atoms with E-state index in [4.69, 9.17) is 5.26 Å². The first kappa shape index (κ1) is 15.1. The first-order valence-corrected chi connectivity index (χ1v) is 7.82. The van der Waals surface area contributed by atoms with Crippen molar-refractivity contribution in [3.63, 3.8) is 0 Å². The molecule has 0 aliphatic carbocycles. The number of hydrogen-bond acceptors (Lipinski definition) is 3. The molecule has 4 heteroatoms. The van der Waals surface area contributed by atoms with Crippen LogP contribution < -0.4 is 10.2 Å². The molecule has 1 aliphatic rings. The van der Waals surface area contributed by atoms with Crippen LogP contribution in [0.4, 0.5) is 11.4 Å². The second-order valence-electron chi connectivity index (χ2n) is 5.89. The van der Waals surface area contributed by atoms with Crippen molar-refractivity contribution in [2.75, 3.05) is 16.8 Å². The quantitative estimate of drug-likeness (QED) is 0.946. The van der Waals surface area contributed by atoms with Gasteiger partial charge in [-0.3, -0.25) is 4.79 Å². The number of nitriles is 1. The fourth-order valence-electron chi connectivity index (χ4n) is 3.02. The Morgan fingerprint density at radius 1 is 1.30 bits per heavy atom. The highest BCUT2D eigenvalue weighted by molar-refractivity contribution is 5.94. The maximum atomic E-state index is 12.4. The standard InChI is InChI=1S/C19H19N3O/c1-14-9-10-16-6-2-3-8-18(16)22(14)13-19(23)21-17-7-4-5-15(11-17)12-20/h2-8,11,14H,9-10,13H2,1H3,(H,21,23)/t14-/m0/s1. The Kier molecular flexibility index (Phi) is 4.29. The topological polar surface area (TPSA) is 56.1 Å². The third kappa shape index (κ3) is 3.35. The minimum atomic E-state index is -0.0661. The van der Waals surface area contributed by atoms with Crippen LogP contribution in [0.2, 0.25) is 0 Å². The molecule has 116 valence electrons. The molecule has 2 aromatic rings. The number of para-hydroxylation sites is 1. The lowest BCUT2D eigenvalue weighted by atomic mass is 9.96. The normalized spacial score (nSPS) is 16.3. The van der Waals surface area contributed by atoms with E-state index in [1.165, 1.54) is 5.56 Å². The number of aryl methyl sites for hydroxylation is 1. The molecule has 0 saturated heterocycles. The molecule has 0 spiro atoms. The van der Waals surface area contributed by atoms with E-state index < -0.39 is 0 Å². The zero-order valence-electron chi connectivity index (χ0n) is 13.1. The van der Waals surface area contributed by atoms with E-state index in [1.54, 1.807) is 24.3 Å². The van der Waals surface area contributed by atoms with Gasteiger partial charge in [0.2, 0.25) is 5.91 Å². The lowest BCUT2D eigenvalue weighted by Crippen LogP contribution is -2.42. The lowest BCUT2D eigenvalue weighted by Gasteiger charge is -2.36. The predicted molar refractivity (Wildman–Crippen MR) is 91.4 cm³/mol. The van der Waals surface area contributed by atoms with Gasteiger partial charge in [-0.1, -0.05) is 24.3 Å². The van der Waals surface area contributed by atoms with Gasteiger partial charge >= 0.3 is 0 Å². The van der Waals surface area contributed by atoms with Gasteiger partial charge in [0.1, 0.15) is 0 Å². The van der Waals surface area contributed by atoms with E-state index in [1.807, 2.05) is 12.1 Å². The summed E-state index contributed by atoms with van der Waals surface area (Å²) in [5.41, 5.74) is 3.64. The van der Waals surface area contributed by atoms with Gasteiger partial charge in [0.05, 0.1) is 18.2 Å². The Morgan fingerprint density at radius 3 is 2.96 bits per heavy atom. The van der Waals surface area contributed by atoms with E-state index >= 15 is 0 Å². The summed E-state index contributed by atoms with van der Waals surface area (Å²) >= 11 is 0. The highest BCUT2D eigenvalue weighted by Gasteiger charge is 2.24. The molecule has 4 nitrogen and oxygen atoms in total. The Bertz CT molecular complexity index is 763. The molecule has 0 bridgehead atoms. The molecular formula is C19H19N3O. The van der Waals surface area contributed by atoms with Crippen molar-refractivity contribution in [1.82, 2.24) is 0 Å². The molecule has 2 aromatic carbocycles. The average molecular weight is 305 g/mol. The van der Waals surface area contributed by atoms with Gasteiger partial charge in [0.15, 0.2) is 0 Å². The number of nitrogens with one attached hydrogen (secondary N) is 1. The number of fused-ring (bicyclic) bond motifs is 1. The second-order valence-corrected chi connectivity index (χ2v) is 5.89. The maximum Gasteiger partial charge on any atom is 0.243 e. The molecular weight excluding hydrogens is 286 g/mol. The van der Waals surface area contributed by atoms with Gasteiger partial charge in [-0.2, -0.15) is 5.26 Å². The minimum Gasteiger partial charge on any atom is -0.359 e. The van der Waals surface area contributed by atoms with E-state index in [0.29, 0.717) is 23.8 Å². The molecule has 1 aliphatic heterocycles. The molecule has 3 rings (SSSR count). The maximum absolute atomic E-state index is 12.4. The number of amides is 1. The van der Waals surface area contributed by atoms with Gasteiger partial charge in [-0.15, -0.1) is 0 Å². The van der Waals surface area contributed by atoms with Crippen molar-refractivity contribution in [3.05, 3.63) is 59.7 Å². The van der Waals surface area contributed by atoms with E-state index in [-0.39, 0.29) is 5.91 Å². The van der Waals surface area contributed by atoms with Gasteiger partial charge in [-0.25, -0.2) is 0 Å². The van der Waals surface area contributed by atoms with Crippen LogP contribution in [0.1, 0.15) is 24.5 Å². The largest absolute Gasteiger partial charge is 0.359 e. The van der Waals surface area contributed by atoms with E-state index in [2.05, 4.69) is 35.3 Å². The third-order valence-corrected chi connectivity index (χ3v) is 4.25. The van der Waals surface area contributed by atoms with Crippen molar-refractivity contribution in [2.45, 2.75) is 25.8 Å². The number of carbonyl (C=O) groups is 1. The first-order chi connectivity index (χ1) is 11.2. The molecule has 0 radical (unpaired) electrons. The fraction of sp³-hybridized carbons (Fsp3) is 0.263. The first-order valence-electron chi connectivity index (χ1n) is 7.82. The molecule has 0 aromatic heterocycles. The number of anilines is 2. The SMILES string of the molecule is C[C@H]1CCc2ccccc2N1CC(=O)Nc1cccc(C#N)c1. The summed E-state index contributed by atoms with van der Waals surface area (Å²) in [7, 11) is 0. The Labute approximate surface area is 136 Å². The van der Waals surface area contributed by atoms with Crippen molar-refractivity contribution >= 4 is 17.3 Å². The number of benzene rings is 2. The zero-order valence-corrected chi connectivity index (χ0v) is 13.1. The highest BCUT2D eigenvalue weighted by Crippen LogP contribution is 2.30. The Balaban J connectivity index is 1.74. The van der Waals surface area contributed by atoms with Crippen molar-refractivity contribution in [2.24, 2.45) is 0 Å². The summed E-state index contributed by atoms with van der Waals surface area (Å²) in [4.78, 5) is 14.6. The third-order valence-electron chi connectivity index (χ3n) is 4.25. The monoisotopic (exact) mass is 305 g/mol. The van der Waals surface area contributed by atoms with E-state index in [0.717, 1.165) is 18.5 Å². The molecule has 1 amide bonds. The molecule has 0 unspecified atom stereocenters. The predicted octanol–water partition coefficient (Wildman–Crippen LogP) is 3.34. The minimum absolute atomic E-state index is 0.0661. The number of nitrogens with zero attached hydrogens (tertiary/aromatic N) is 2. The van der Waals surface area contributed by atoms with Crippen LogP contribution >= 0.6 is 0 Å². The van der Waals surface area contributed by atoms with Crippen molar-refractivity contribution in [3.8, 4) is 6.07 Å². The van der Waals surface area contributed by atoms with Gasteiger partial charge in [0.25, 0.3) is 0 Å². The summed E-state index contributed by atoms with van der Waals surface area (Å²) in [6.07, 6.45) is 2.11. The zero-order chi connectivity index (χ0) is 16.2. The van der Waals surface area contributed by atoms with Crippen LogP contribution in [0.3, 0.4) is 0 Å². The second kappa shape index (κ2) is 6.53. The molecule has 1 heterocycles. The van der Waals surface area contributed by atoms with Crippen LogP contribution in [0, 0.1) is 11.3 Å². The summed E-state index contributed by atoms with van der Waals surface area (Å²) in [5.74, 6) is -0.0661. The van der Waals surface area contributed by atoms with Crippen LogP contribution in [-0.2, 0) is 11.2 Å². The van der Waals surface area contributed by atoms with Crippen LogP contribution in [0.15, 0.2) is 48.5 Å². The number of hydrogen-bond donors (Lipinski definition) is 1. The van der Waals surface area contributed by atoms with Gasteiger partial charge < -0.3 is 10.2 Å². The lowest BCUT2D eigenvalue weighted by molar-refractivity contribution is -0.115. The van der Waals surface area contributed by atoms with Crippen molar-refractivity contribution < 1.29 is 4.79 Å². The van der Waals surface area contributed by atoms with Crippen LogP contribution in [-0.4, -0.2) is 18.5 Å². The molecule has 1 atom stereocenters. The fourth-order valence-corrected chi connectivity index (χ4v) is 3.02. The summed E-state index contributed by atoms with van der Waals surface area (Å²) in [5, 5.41) is 11.8. The Hall–Kier alpha value is -2.80. The van der Waals surface area contributed by atoms with Gasteiger partial charge in [0, 0.05) is 17.4 Å². The smallest absolute Gasteiger partial charge is 0.243 e. The molecule has 0 saturated carbocycles.